The predicted molar refractivity (Wildman–Crippen MR) is 89.1 cm³/mol. The highest BCUT2D eigenvalue weighted by molar-refractivity contribution is 5.05. The zero-order chi connectivity index (χ0) is 15.0. The van der Waals surface area contributed by atoms with Crippen molar-refractivity contribution in [3.63, 3.8) is 0 Å². The fraction of sp³-hybridized carbons (Fsp3) is 0.789. The van der Waals surface area contributed by atoms with Crippen molar-refractivity contribution in [2.75, 3.05) is 0 Å². The van der Waals surface area contributed by atoms with Crippen molar-refractivity contribution >= 4 is 0 Å². The third-order valence-electron chi connectivity index (χ3n) is 4.30. The molecule has 1 rings (SSSR count). The second-order valence-corrected chi connectivity index (χ2v) is 6.88. The first-order valence-corrected chi connectivity index (χ1v) is 8.44. The summed E-state index contributed by atoms with van der Waals surface area (Å²) in [4.78, 5) is 0. The molecule has 1 nitrogen and oxygen atoms in total. The van der Waals surface area contributed by atoms with Crippen LogP contribution >= 0.6 is 0 Å². The van der Waals surface area contributed by atoms with E-state index in [0.29, 0.717) is 6.10 Å². The van der Waals surface area contributed by atoms with Crippen LogP contribution in [0.1, 0.15) is 86.0 Å². The highest BCUT2D eigenvalue weighted by atomic mass is 16.6. The van der Waals surface area contributed by atoms with Gasteiger partial charge in [0, 0.05) is 0 Å². The van der Waals surface area contributed by atoms with Crippen LogP contribution in [0.15, 0.2) is 23.3 Å². The summed E-state index contributed by atoms with van der Waals surface area (Å²) in [6, 6.07) is 0. The summed E-state index contributed by atoms with van der Waals surface area (Å²) < 4.78 is 5.63. The molecule has 1 aliphatic heterocycles. The Kier molecular flexibility index (Phi) is 7.58. The van der Waals surface area contributed by atoms with E-state index in [1.54, 1.807) is 5.57 Å². The summed E-state index contributed by atoms with van der Waals surface area (Å²) in [5.41, 5.74) is 3.23. The van der Waals surface area contributed by atoms with Crippen LogP contribution in [0.2, 0.25) is 0 Å². The Labute approximate surface area is 126 Å². The first-order valence-electron chi connectivity index (χ1n) is 8.44. The number of unbranched alkanes of at least 4 members (excludes halogenated alkanes) is 3. The first-order chi connectivity index (χ1) is 9.45. The number of hydrogen-bond acceptors (Lipinski definition) is 1. The molecule has 0 spiro atoms. The van der Waals surface area contributed by atoms with Gasteiger partial charge < -0.3 is 4.74 Å². The van der Waals surface area contributed by atoms with Crippen LogP contribution in [-0.2, 0) is 4.74 Å². The summed E-state index contributed by atoms with van der Waals surface area (Å²) in [7, 11) is 0. The Morgan fingerprint density at radius 2 is 1.60 bits per heavy atom. The molecule has 1 fully saturated rings. The molecule has 0 aromatic heterocycles. The molecule has 0 N–H and O–H groups in total. The van der Waals surface area contributed by atoms with Crippen LogP contribution in [0.25, 0.3) is 0 Å². The molecule has 0 amide bonds. The molecule has 0 aromatic carbocycles. The number of rotatable bonds is 10. The molecular formula is C19H34O. The van der Waals surface area contributed by atoms with Gasteiger partial charge in [-0.25, -0.2) is 0 Å². The van der Waals surface area contributed by atoms with Gasteiger partial charge in [0.1, 0.15) is 0 Å². The molecule has 0 saturated carbocycles. The van der Waals surface area contributed by atoms with Crippen molar-refractivity contribution in [3.8, 4) is 0 Å². The third-order valence-corrected chi connectivity index (χ3v) is 4.30. The highest BCUT2D eigenvalue weighted by Crippen LogP contribution is 2.38. The molecule has 0 unspecified atom stereocenters. The zero-order valence-corrected chi connectivity index (χ0v) is 14.3. The van der Waals surface area contributed by atoms with Gasteiger partial charge in [0.15, 0.2) is 0 Å². The third kappa shape index (κ3) is 7.28. The van der Waals surface area contributed by atoms with Crippen LogP contribution in [0.3, 0.4) is 0 Å². The van der Waals surface area contributed by atoms with E-state index >= 15 is 0 Å². The van der Waals surface area contributed by atoms with Crippen LogP contribution in [0, 0.1) is 0 Å². The van der Waals surface area contributed by atoms with E-state index in [4.69, 9.17) is 4.74 Å². The van der Waals surface area contributed by atoms with E-state index in [2.05, 4.69) is 46.8 Å². The van der Waals surface area contributed by atoms with Crippen molar-refractivity contribution in [2.24, 2.45) is 0 Å². The van der Waals surface area contributed by atoms with E-state index in [0.717, 1.165) is 0 Å². The minimum atomic E-state index is 0.151. The summed E-state index contributed by atoms with van der Waals surface area (Å²) in [6.07, 6.45) is 15.4. The Hall–Kier alpha value is -0.560. The second kappa shape index (κ2) is 8.67. The summed E-state index contributed by atoms with van der Waals surface area (Å²) in [6.45, 7) is 11.2. The van der Waals surface area contributed by atoms with Crippen molar-refractivity contribution in [2.45, 2.75) is 97.7 Å². The molecule has 0 bridgehead atoms. The molecule has 0 radical (unpaired) electrons. The Morgan fingerprint density at radius 1 is 1.00 bits per heavy atom. The normalized spacial score (nSPS) is 22.1. The van der Waals surface area contributed by atoms with Gasteiger partial charge in [-0.3, -0.25) is 0 Å². The van der Waals surface area contributed by atoms with Crippen molar-refractivity contribution in [1.29, 1.82) is 0 Å². The number of hydrogen-bond donors (Lipinski definition) is 0. The number of epoxide rings is 1. The Morgan fingerprint density at radius 3 is 2.20 bits per heavy atom. The van der Waals surface area contributed by atoms with Crippen LogP contribution in [0.4, 0.5) is 0 Å². The van der Waals surface area contributed by atoms with Crippen molar-refractivity contribution in [1.82, 2.24) is 0 Å². The summed E-state index contributed by atoms with van der Waals surface area (Å²) >= 11 is 0. The molecule has 1 aliphatic rings. The first kappa shape index (κ1) is 17.5. The fourth-order valence-corrected chi connectivity index (χ4v) is 2.59. The van der Waals surface area contributed by atoms with Gasteiger partial charge in [-0.05, 0) is 66.2 Å². The average Bonchev–Trinajstić information content (AvgIpc) is 3.00. The summed E-state index contributed by atoms with van der Waals surface area (Å²) in [5, 5.41) is 0. The maximum absolute atomic E-state index is 5.63. The van der Waals surface area contributed by atoms with E-state index in [1.165, 1.54) is 56.9 Å². The second-order valence-electron chi connectivity index (χ2n) is 6.88. The molecule has 1 heterocycles. The number of allylic oxidation sites excluding steroid dienone is 4. The molecule has 0 aliphatic carbocycles. The standard InChI is InChI=1S/C19H34O/c1-6-7-8-9-11-16(2)12-10-13-17(3)14-15-18-19(4,5)20-18/h11,13,18H,6-10,12,14-15H2,1-5H3/b16-11+,17-13+/t18-/m0/s1. The van der Waals surface area contributed by atoms with Gasteiger partial charge in [0.2, 0.25) is 0 Å². The van der Waals surface area contributed by atoms with E-state index in [9.17, 15) is 0 Å². The molecular weight excluding hydrogens is 244 g/mol. The molecule has 0 aromatic rings. The molecule has 1 saturated heterocycles. The van der Waals surface area contributed by atoms with E-state index in [1.807, 2.05) is 0 Å². The number of ether oxygens (including phenoxy) is 1. The lowest BCUT2D eigenvalue weighted by molar-refractivity contribution is 0.320. The smallest absolute Gasteiger partial charge is 0.0892 e. The van der Waals surface area contributed by atoms with Crippen LogP contribution < -0.4 is 0 Å². The van der Waals surface area contributed by atoms with Crippen molar-refractivity contribution in [3.05, 3.63) is 23.3 Å². The SMILES string of the molecule is CCCCC/C=C(\C)CC/C=C(\C)CC[C@@H]1OC1(C)C. The lowest BCUT2D eigenvalue weighted by atomic mass is 10.0. The highest BCUT2D eigenvalue weighted by Gasteiger charge is 2.46. The maximum atomic E-state index is 5.63. The van der Waals surface area contributed by atoms with Gasteiger partial charge in [-0.2, -0.15) is 0 Å². The minimum absolute atomic E-state index is 0.151. The minimum Gasteiger partial charge on any atom is -0.367 e. The molecule has 1 atom stereocenters. The molecule has 116 valence electrons. The van der Waals surface area contributed by atoms with Crippen LogP contribution in [0.5, 0.6) is 0 Å². The van der Waals surface area contributed by atoms with Crippen molar-refractivity contribution < 1.29 is 4.74 Å². The average molecular weight is 278 g/mol. The van der Waals surface area contributed by atoms with Gasteiger partial charge in [0.25, 0.3) is 0 Å². The van der Waals surface area contributed by atoms with Gasteiger partial charge in [-0.15, -0.1) is 0 Å². The lowest BCUT2D eigenvalue weighted by Gasteiger charge is -2.02. The summed E-state index contributed by atoms with van der Waals surface area (Å²) in [5.74, 6) is 0. The van der Waals surface area contributed by atoms with Crippen LogP contribution in [-0.4, -0.2) is 11.7 Å². The monoisotopic (exact) mass is 278 g/mol. The fourth-order valence-electron chi connectivity index (χ4n) is 2.59. The Bertz CT molecular complexity index is 336. The van der Waals surface area contributed by atoms with E-state index in [-0.39, 0.29) is 5.60 Å². The maximum Gasteiger partial charge on any atom is 0.0892 e. The topological polar surface area (TPSA) is 12.5 Å². The molecule has 20 heavy (non-hydrogen) atoms. The zero-order valence-electron chi connectivity index (χ0n) is 14.3. The van der Waals surface area contributed by atoms with Gasteiger partial charge in [0.05, 0.1) is 11.7 Å². The quantitative estimate of drug-likeness (QED) is 0.263. The molecule has 1 heteroatoms. The van der Waals surface area contributed by atoms with E-state index < -0.39 is 0 Å². The largest absolute Gasteiger partial charge is 0.367 e. The van der Waals surface area contributed by atoms with Gasteiger partial charge >= 0.3 is 0 Å². The predicted octanol–water partition coefficient (Wildman–Crippen LogP) is 6.20. The van der Waals surface area contributed by atoms with Gasteiger partial charge in [-0.1, -0.05) is 43.1 Å². The Balaban J connectivity index is 2.10. The lowest BCUT2D eigenvalue weighted by Crippen LogP contribution is -2.02.